The zero-order valence-corrected chi connectivity index (χ0v) is 18.1. The fraction of sp³-hybridized carbons (Fsp3) is 0.381. The van der Waals surface area contributed by atoms with Crippen molar-refractivity contribution in [3.05, 3.63) is 59.7 Å². The Morgan fingerprint density at radius 2 is 1.79 bits per heavy atom. The molecule has 1 fully saturated rings. The number of amides is 1. The maximum Gasteiger partial charge on any atom is 0.390 e. The highest BCUT2D eigenvalue weighted by atomic mass is 32.2. The second kappa shape index (κ2) is 10.0. The van der Waals surface area contributed by atoms with Crippen LogP contribution in [0.3, 0.4) is 0 Å². The van der Waals surface area contributed by atoms with E-state index in [0.717, 1.165) is 4.31 Å². The van der Waals surface area contributed by atoms with E-state index in [1.165, 1.54) is 0 Å². The lowest BCUT2D eigenvalue weighted by molar-refractivity contribution is -0.131. The van der Waals surface area contributed by atoms with E-state index in [1.54, 1.807) is 24.3 Å². The van der Waals surface area contributed by atoms with Gasteiger partial charge in [0.1, 0.15) is 17.7 Å². The molecule has 0 radical (unpaired) electrons. The monoisotopic (exact) mass is 491 g/mol. The minimum atomic E-state index is -4.30. The van der Waals surface area contributed by atoms with Crippen LogP contribution in [-0.2, 0) is 21.4 Å². The van der Waals surface area contributed by atoms with Gasteiger partial charge in [0.2, 0.25) is 15.9 Å². The maximum atomic E-state index is 13.5. The molecule has 1 heterocycles. The molecule has 33 heavy (non-hydrogen) atoms. The van der Waals surface area contributed by atoms with Gasteiger partial charge in [0.25, 0.3) is 0 Å². The van der Waals surface area contributed by atoms with Crippen LogP contribution in [0.2, 0.25) is 0 Å². The third-order valence-electron chi connectivity index (χ3n) is 5.08. The molecule has 12 heteroatoms. The first kappa shape index (κ1) is 24.9. The van der Waals surface area contributed by atoms with Crippen molar-refractivity contribution in [3.63, 3.8) is 0 Å². The number of benzene rings is 2. The molecule has 6 nitrogen and oxygen atoms in total. The Kier molecular flexibility index (Phi) is 7.58. The largest absolute Gasteiger partial charge is 0.390 e. The number of rotatable bonds is 8. The number of alkyl halides is 3. The van der Waals surface area contributed by atoms with Crippen molar-refractivity contribution < 1.29 is 35.2 Å². The number of carbonyl (C=O) groups is 1. The summed E-state index contributed by atoms with van der Waals surface area (Å²) in [5.74, 6) is -2.67. The molecule has 1 atom stereocenters. The van der Waals surface area contributed by atoms with Crippen LogP contribution in [0, 0.1) is 11.6 Å². The fourth-order valence-electron chi connectivity index (χ4n) is 3.55. The van der Waals surface area contributed by atoms with Crippen LogP contribution in [0.15, 0.2) is 47.4 Å². The molecular formula is C21H22F5N3O3S. The number of sulfonamides is 1. The van der Waals surface area contributed by atoms with Gasteiger partial charge in [-0.05, 0) is 42.7 Å². The van der Waals surface area contributed by atoms with Crippen LogP contribution in [0.4, 0.5) is 27.6 Å². The van der Waals surface area contributed by atoms with Crippen LogP contribution in [0.25, 0.3) is 0 Å². The molecule has 0 aliphatic carbocycles. The Bertz CT molecular complexity index is 1090. The minimum absolute atomic E-state index is 0.0204. The van der Waals surface area contributed by atoms with Crippen LogP contribution >= 0.6 is 0 Å². The summed E-state index contributed by atoms with van der Waals surface area (Å²) in [5.41, 5.74) is 1.05. The van der Waals surface area contributed by atoms with E-state index in [-0.39, 0.29) is 26.1 Å². The zero-order valence-electron chi connectivity index (χ0n) is 17.3. The topological polar surface area (TPSA) is 78.5 Å². The van der Waals surface area contributed by atoms with Crippen molar-refractivity contribution in [2.75, 3.05) is 18.4 Å². The van der Waals surface area contributed by atoms with Crippen molar-refractivity contribution in [3.8, 4) is 0 Å². The molecule has 1 saturated heterocycles. The Morgan fingerprint density at radius 3 is 2.45 bits per heavy atom. The van der Waals surface area contributed by atoms with Gasteiger partial charge < -0.3 is 10.6 Å². The molecule has 1 amide bonds. The predicted octanol–water partition coefficient (Wildman–Crippen LogP) is 3.80. The van der Waals surface area contributed by atoms with E-state index in [9.17, 15) is 35.2 Å². The number of carbonyl (C=O) groups excluding carboxylic acids is 1. The lowest BCUT2D eigenvalue weighted by atomic mass is 10.1. The standard InChI is InChI=1S/C21H22F5N3O3S/c22-15-10-16(23)12-18(11-15)33(31,32)29-8-2-5-19(29)20(30)28-13-14-3-1-4-17(9-14)27-7-6-21(24,25)26/h1,3-4,9-12,19,27H,2,5-8,13H2,(H,28,30). The van der Waals surface area contributed by atoms with Gasteiger partial charge >= 0.3 is 6.18 Å². The van der Waals surface area contributed by atoms with Crippen molar-refractivity contribution >= 4 is 21.6 Å². The summed E-state index contributed by atoms with van der Waals surface area (Å²) < 4.78 is 90.5. The molecule has 2 aromatic carbocycles. The van der Waals surface area contributed by atoms with Crippen molar-refractivity contribution in [1.29, 1.82) is 0 Å². The minimum Gasteiger partial charge on any atom is -0.385 e. The van der Waals surface area contributed by atoms with E-state index in [2.05, 4.69) is 10.6 Å². The molecule has 2 N–H and O–H groups in total. The summed E-state index contributed by atoms with van der Waals surface area (Å²) in [7, 11) is -4.30. The number of nitrogens with one attached hydrogen (secondary N) is 2. The van der Waals surface area contributed by atoms with Crippen LogP contribution in [-0.4, -0.2) is 43.9 Å². The van der Waals surface area contributed by atoms with Crippen LogP contribution < -0.4 is 10.6 Å². The summed E-state index contributed by atoms with van der Waals surface area (Å²) in [6.45, 7) is -0.251. The molecule has 3 rings (SSSR count). The molecule has 1 unspecified atom stereocenters. The molecule has 180 valence electrons. The predicted molar refractivity (Wildman–Crippen MR) is 111 cm³/mol. The Labute approximate surface area is 187 Å². The van der Waals surface area contributed by atoms with E-state index in [1.807, 2.05) is 0 Å². The summed E-state index contributed by atoms with van der Waals surface area (Å²) in [6, 6.07) is 7.34. The first-order chi connectivity index (χ1) is 15.5. The molecule has 1 aliphatic rings. The number of halogens is 5. The Morgan fingerprint density at radius 1 is 1.09 bits per heavy atom. The van der Waals surface area contributed by atoms with Gasteiger partial charge in [0, 0.05) is 31.4 Å². The van der Waals surface area contributed by atoms with Crippen LogP contribution in [0.1, 0.15) is 24.8 Å². The SMILES string of the molecule is O=C(NCc1cccc(NCCC(F)(F)F)c1)C1CCCN1S(=O)(=O)c1cc(F)cc(F)c1. The van der Waals surface area contributed by atoms with Gasteiger partial charge in [0.15, 0.2) is 0 Å². The lowest BCUT2D eigenvalue weighted by Crippen LogP contribution is -2.45. The Balaban J connectivity index is 1.64. The van der Waals surface area contributed by atoms with E-state index in [0.29, 0.717) is 35.9 Å². The third-order valence-corrected chi connectivity index (χ3v) is 6.97. The first-order valence-corrected chi connectivity index (χ1v) is 11.5. The third kappa shape index (κ3) is 6.64. The molecular weight excluding hydrogens is 469 g/mol. The average molecular weight is 491 g/mol. The molecule has 0 saturated carbocycles. The Hall–Kier alpha value is -2.73. The smallest absolute Gasteiger partial charge is 0.385 e. The van der Waals surface area contributed by atoms with Crippen molar-refractivity contribution in [2.24, 2.45) is 0 Å². The number of hydrogen-bond acceptors (Lipinski definition) is 4. The van der Waals surface area contributed by atoms with Crippen molar-refractivity contribution in [2.45, 2.75) is 42.9 Å². The highest BCUT2D eigenvalue weighted by Gasteiger charge is 2.39. The van der Waals surface area contributed by atoms with Gasteiger partial charge in [-0.25, -0.2) is 17.2 Å². The first-order valence-electron chi connectivity index (χ1n) is 10.1. The molecule has 1 aliphatic heterocycles. The summed E-state index contributed by atoms with van der Waals surface area (Å²) in [5, 5.41) is 5.28. The van der Waals surface area contributed by atoms with Gasteiger partial charge in [-0.2, -0.15) is 17.5 Å². The van der Waals surface area contributed by atoms with Gasteiger partial charge in [0.05, 0.1) is 11.3 Å². The van der Waals surface area contributed by atoms with Crippen molar-refractivity contribution in [1.82, 2.24) is 9.62 Å². The molecule has 0 aromatic heterocycles. The fourth-order valence-corrected chi connectivity index (χ4v) is 5.25. The average Bonchev–Trinajstić information content (AvgIpc) is 3.22. The number of nitrogens with zero attached hydrogens (tertiary/aromatic N) is 1. The quantitative estimate of drug-likeness (QED) is 0.551. The second-order valence-corrected chi connectivity index (χ2v) is 9.48. The summed E-state index contributed by atoms with van der Waals surface area (Å²) in [6.07, 6.45) is -4.63. The zero-order chi connectivity index (χ0) is 24.2. The second-order valence-electron chi connectivity index (χ2n) is 7.59. The van der Waals surface area contributed by atoms with Gasteiger partial charge in [-0.1, -0.05) is 12.1 Å². The van der Waals surface area contributed by atoms with E-state index < -0.39 is 51.1 Å². The molecule has 2 aromatic rings. The normalized spacial score (nSPS) is 17.2. The molecule has 0 spiro atoms. The van der Waals surface area contributed by atoms with E-state index in [4.69, 9.17) is 0 Å². The summed E-state index contributed by atoms with van der Waals surface area (Å²) >= 11 is 0. The number of anilines is 1. The van der Waals surface area contributed by atoms with Crippen LogP contribution in [0.5, 0.6) is 0 Å². The van der Waals surface area contributed by atoms with E-state index >= 15 is 0 Å². The summed E-state index contributed by atoms with van der Waals surface area (Å²) in [4.78, 5) is 12.1. The highest BCUT2D eigenvalue weighted by Crippen LogP contribution is 2.27. The molecule has 0 bridgehead atoms. The number of hydrogen-bond donors (Lipinski definition) is 2. The van der Waals surface area contributed by atoms with Gasteiger partial charge in [-0.15, -0.1) is 0 Å². The van der Waals surface area contributed by atoms with Gasteiger partial charge in [-0.3, -0.25) is 4.79 Å². The lowest BCUT2D eigenvalue weighted by Gasteiger charge is -2.23. The highest BCUT2D eigenvalue weighted by molar-refractivity contribution is 7.89. The maximum absolute atomic E-state index is 13.5.